The van der Waals surface area contributed by atoms with Crippen LogP contribution in [0.4, 0.5) is 0 Å². The number of aryl methyl sites for hydroxylation is 1. The zero-order valence-corrected chi connectivity index (χ0v) is 17.4. The number of rotatable bonds is 6. The van der Waals surface area contributed by atoms with E-state index >= 15 is 0 Å². The number of para-hydroxylation sites is 1. The molecule has 0 aromatic heterocycles. The minimum atomic E-state index is 0.208. The van der Waals surface area contributed by atoms with E-state index in [0.717, 1.165) is 48.1 Å². The molecule has 0 saturated carbocycles. The average Bonchev–Trinajstić information content (AvgIpc) is 3.20. The standard InChI is InChI=1S/C23H30N4O2/c1-4-22(28)27-13-12-19(16-27)26-23(24-3)25-15-18-9-5-6-11-21(18)29-20-10-7-8-17(2)14-20/h5-11,14,19H,4,12-13,15-16H2,1-3H3,(H2,24,25,26). The van der Waals surface area contributed by atoms with Crippen molar-refractivity contribution >= 4 is 11.9 Å². The molecule has 2 aromatic carbocycles. The lowest BCUT2D eigenvalue weighted by atomic mass is 10.2. The fourth-order valence-corrected chi connectivity index (χ4v) is 3.45. The van der Waals surface area contributed by atoms with Crippen molar-refractivity contribution in [1.82, 2.24) is 15.5 Å². The largest absolute Gasteiger partial charge is 0.457 e. The van der Waals surface area contributed by atoms with Crippen LogP contribution in [0.15, 0.2) is 53.5 Å². The van der Waals surface area contributed by atoms with Crippen molar-refractivity contribution in [3.8, 4) is 11.5 Å². The van der Waals surface area contributed by atoms with E-state index in [1.807, 2.05) is 67.3 Å². The molecule has 1 aliphatic rings. The van der Waals surface area contributed by atoms with Crippen LogP contribution in [0.3, 0.4) is 0 Å². The summed E-state index contributed by atoms with van der Waals surface area (Å²) < 4.78 is 6.10. The summed E-state index contributed by atoms with van der Waals surface area (Å²) in [6.45, 7) is 6.06. The van der Waals surface area contributed by atoms with Crippen molar-refractivity contribution in [3.63, 3.8) is 0 Å². The van der Waals surface area contributed by atoms with E-state index in [9.17, 15) is 4.79 Å². The molecule has 1 aliphatic heterocycles. The Labute approximate surface area is 173 Å². The van der Waals surface area contributed by atoms with Gasteiger partial charge in [0.1, 0.15) is 11.5 Å². The number of carbonyl (C=O) groups is 1. The van der Waals surface area contributed by atoms with Gasteiger partial charge in [0.25, 0.3) is 0 Å². The van der Waals surface area contributed by atoms with E-state index in [0.29, 0.717) is 13.0 Å². The second kappa shape index (κ2) is 9.96. The fourth-order valence-electron chi connectivity index (χ4n) is 3.45. The molecule has 1 fully saturated rings. The molecule has 1 atom stereocenters. The highest BCUT2D eigenvalue weighted by molar-refractivity contribution is 5.80. The normalized spacial score (nSPS) is 16.6. The van der Waals surface area contributed by atoms with Gasteiger partial charge in [0.05, 0.1) is 0 Å². The third-order valence-electron chi connectivity index (χ3n) is 5.04. The van der Waals surface area contributed by atoms with Gasteiger partial charge in [0, 0.05) is 44.7 Å². The fraction of sp³-hybridized carbons (Fsp3) is 0.391. The first-order valence-corrected chi connectivity index (χ1v) is 10.2. The topological polar surface area (TPSA) is 66.0 Å². The van der Waals surface area contributed by atoms with E-state index in [-0.39, 0.29) is 11.9 Å². The number of hydrogen-bond donors (Lipinski definition) is 2. The Balaban J connectivity index is 1.58. The Morgan fingerprint density at radius 1 is 1.24 bits per heavy atom. The monoisotopic (exact) mass is 394 g/mol. The predicted octanol–water partition coefficient (Wildman–Crippen LogP) is 3.46. The smallest absolute Gasteiger partial charge is 0.222 e. The number of ether oxygens (including phenoxy) is 1. The summed E-state index contributed by atoms with van der Waals surface area (Å²) in [5, 5.41) is 6.79. The zero-order chi connectivity index (χ0) is 20.6. The van der Waals surface area contributed by atoms with Crippen molar-refractivity contribution in [2.45, 2.75) is 39.3 Å². The number of hydrogen-bond acceptors (Lipinski definition) is 3. The molecule has 2 N–H and O–H groups in total. The molecule has 0 spiro atoms. The van der Waals surface area contributed by atoms with Gasteiger partial charge in [-0.05, 0) is 37.1 Å². The molecule has 0 bridgehead atoms. The zero-order valence-electron chi connectivity index (χ0n) is 17.4. The molecule has 0 aliphatic carbocycles. The summed E-state index contributed by atoms with van der Waals surface area (Å²) in [7, 11) is 1.76. The highest BCUT2D eigenvalue weighted by atomic mass is 16.5. The molecule has 0 radical (unpaired) electrons. The van der Waals surface area contributed by atoms with E-state index in [4.69, 9.17) is 4.74 Å². The van der Waals surface area contributed by atoms with E-state index < -0.39 is 0 Å². The number of carbonyl (C=O) groups excluding carboxylic acids is 1. The highest BCUT2D eigenvalue weighted by Crippen LogP contribution is 2.25. The predicted molar refractivity (Wildman–Crippen MR) is 116 cm³/mol. The van der Waals surface area contributed by atoms with Crippen molar-refractivity contribution in [3.05, 3.63) is 59.7 Å². The number of likely N-dealkylation sites (tertiary alicyclic amines) is 1. The van der Waals surface area contributed by atoms with E-state index in [2.05, 4.69) is 15.6 Å². The maximum atomic E-state index is 11.9. The van der Waals surface area contributed by atoms with Crippen LogP contribution in [0.2, 0.25) is 0 Å². The van der Waals surface area contributed by atoms with Gasteiger partial charge in [0.15, 0.2) is 5.96 Å². The van der Waals surface area contributed by atoms with Crippen LogP contribution >= 0.6 is 0 Å². The molecule has 154 valence electrons. The van der Waals surface area contributed by atoms with Crippen LogP contribution in [-0.4, -0.2) is 42.9 Å². The lowest BCUT2D eigenvalue weighted by Gasteiger charge is -2.19. The van der Waals surface area contributed by atoms with Crippen LogP contribution < -0.4 is 15.4 Å². The van der Waals surface area contributed by atoms with E-state index in [1.54, 1.807) is 7.05 Å². The second-order valence-electron chi connectivity index (χ2n) is 7.28. The second-order valence-corrected chi connectivity index (χ2v) is 7.28. The first-order chi connectivity index (χ1) is 14.1. The van der Waals surface area contributed by atoms with Crippen LogP contribution in [0.1, 0.15) is 30.9 Å². The number of nitrogens with zero attached hydrogens (tertiary/aromatic N) is 2. The molecule has 6 nitrogen and oxygen atoms in total. The summed E-state index contributed by atoms with van der Waals surface area (Å²) in [5.74, 6) is 2.58. The first-order valence-electron chi connectivity index (χ1n) is 10.2. The van der Waals surface area contributed by atoms with Crippen LogP contribution in [0.25, 0.3) is 0 Å². The molecule has 1 amide bonds. The minimum Gasteiger partial charge on any atom is -0.457 e. The van der Waals surface area contributed by atoms with Crippen molar-refractivity contribution in [2.24, 2.45) is 4.99 Å². The third kappa shape index (κ3) is 5.73. The van der Waals surface area contributed by atoms with Crippen LogP contribution in [0, 0.1) is 6.92 Å². The minimum absolute atomic E-state index is 0.208. The molecule has 1 saturated heterocycles. The Kier molecular flexibility index (Phi) is 7.11. The lowest BCUT2D eigenvalue weighted by Crippen LogP contribution is -2.44. The van der Waals surface area contributed by atoms with Crippen molar-refractivity contribution < 1.29 is 9.53 Å². The Bertz CT molecular complexity index is 865. The molecule has 1 unspecified atom stereocenters. The maximum absolute atomic E-state index is 11.9. The van der Waals surface area contributed by atoms with Gasteiger partial charge in [-0.2, -0.15) is 0 Å². The molecule has 29 heavy (non-hydrogen) atoms. The summed E-state index contributed by atoms with van der Waals surface area (Å²) >= 11 is 0. The van der Waals surface area contributed by atoms with Gasteiger partial charge in [-0.3, -0.25) is 9.79 Å². The molecule has 6 heteroatoms. The van der Waals surface area contributed by atoms with Crippen molar-refractivity contribution in [2.75, 3.05) is 20.1 Å². The van der Waals surface area contributed by atoms with Gasteiger partial charge in [-0.25, -0.2) is 0 Å². The Hall–Kier alpha value is -3.02. The van der Waals surface area contributed by atoms with Gasteiger partial charge >= 0.3 is 0 Å². The summed E-state index contributed by atoms with van der Waals surface area (Å²) in [5.41, 5.74) is 2.21. The lowest BCUT2D eigenvalue weighted by molar-refractivity contribution is -0.129. The molecular weight excluding hydrogens is 364 g/mol. The van der Waals surface area contributed by atoms with Crippen LogP contribution in [0.5, 0.6) is 11.5 Å². The highest BCUT2D eigenvalue weighted by Gasteiger charge is 2.25. The maximum Gasteiger partial charge on any atom is 0.222 e. The number of guanidine groups is 1. The van der Waals surface area contributed by atoms with Crippen molar-refractivity contribution in [1.29, 1.82) is 0 Å². The van der Waals surface area contributed by atoms with Gasteiger partial charge in [-0.1, -0.05) is 37.3 Å². The molecular formula is C23H30N4O2. The average molecular weight is 395 g/mol. The summed E-state index contributed by atoms with van der Waals surface area (Å²) in [6, 6.07) is 16.2. The Morgan fingerprint density at radius 2 is 2.07 bits per heavy atom. The number of benzene rings is 2. The SMILES string of the molecule is CCC(=O)N1CCC(NC(=NC)NCc2ccccc2Oc2cccc(C)c2)C1. The molecule has 1 heterocycles. The number of amides is 1. The molecule has 2 aromatic rings. The molecule has 3 rings (SSSR count). The van der Waals surface area contributed by atoms with E-state index in [1.165, 1.54) is 0 Å². The van der Waals surface area contributed by atoms with Gasteiger partial charge in [0.2, 0.25) is 5.91 Å². The van der Waals surface area contributed by atoms with Crippen LogP contribution in [-0.2, 0) is 11.3 Å². The quantitative estimate of drug-likeness (QED) is 0.582. The number of aliphatic imine (C=N–C) groups is 1. The number of nitrogens with one attached hydrogen (secondary N) is 2. The summed E-state index contributed by atoms with van der Waals surface area (Å²) in [6.07, 6.45) is 1.48. The van der Waals surface area contributed by atoms with Gasteiger partial charge in [-0.15, -0.1) is 0 Å². The summed E-state index contributed by atoms with van der Waals surface area (Å²) in [4.78, 5) is 18.1. The first kappa shape index (κ1) is 20.7. The third-order valence-corrected chi connectivity index (χ3v) is 5.04. The Morgan fingerprint density at radius 3 is 2.83 bits per heavy atom. The van der Waals surface area contributed by atoms with Gasteiger partial charge < -0.3 is 20.3 Å².